The lowest BCUT2D eigenvalue weighted by atomic mass is 9.43. The van der Waals surface area contributed by atoms with Gasteiger partial charge < -0.3 is 9.84 Å². The van der Waals surface area contributed by atoms with Crippen molar-refractivity contribution in [1.82, 2.24) is 0 Å². The molecule has 2 unspecified atom stereocenters. The number of ketones is 1. The summed E-state index contributed by atoms with van der Waals surface area (Å²) in [6.07, 6.45) is 7.60. The second kappa shape index (κ2) is 4.67. The van der Waals surface area contributed by atoms with Crippen LogP contribution in [0.4, 0.5) is 0 Å². The molecule has 136 valence electrons. The number of fused-ring (bicyclic) bond motifs is 4. The van der Waals surface area contributed by atoms with Crippen LogP contribution in [0, 0.1) is 28.6 Å². The molecule has 4 fully saturated rings. The molecule has 0 aromatic heterocycles. The molecule has 0 aromatic rings. The Kier molecular flexibility index (Phi) is 3.04. The van der Waals surface area contributed by atoms with Crippen LogP contribution in [-0.2, 0) is 9.53 Å². The van der Waals surface area contributed by atoms with Gasteiger partial charge in [0.1, 0.15) is 5.60 Å². The molecule has 0 aromatic carbocycles. The lowest BCUT2D eigenvalue weighted by Gasteiger charge is -2.60. The average molecular weight is 342 g/mol. The van der Waals surface area contributed by atoms with Crippen molar-refractivity contribution in [3.05, 3.63) is 23.8 Å². The molecule has 1 N–H and O–H groups in total. The maximum atomic E-state index is 12.5. The van der Waals surface area contributed by atoms with Gasteiger partial charge in [0.15, 0.2) is 11.9 Å². The summed E-state index contributed by atoms with van der Waals surface area (Å²) in [5, 5.41) is 10.6. The van der Waals surface area contributed by atoms with E-state index in [9.17, 15) is 9.90 Å². The molecule has 5 rings (SSSR count). The number of carbonyl (C=O) groups is 1. The second-order valence-electron chi connectivity index (χ2n) is 9.68. The van der Waals surface area contributed by atoms with Crippen LogP contribution in [0.15, 0.2) is 23.8 Å². The summed E-state index contributed by atoms with van der Waals surface area (Å²) in [7, 11) is 0. The number of aliphatic hydroxyl groups excluding tert-OH is 1. The average Bonchev–Trinajstić information content (AvgIpc) is 3.28. The van der Waals surface area contributed by atoms with Gasteiger partial charge in [-0.15, -0.1) is 0 Å². The third-order valence-corrected chi connectivity index (χ3v) is 9.15. The molecule has 1 saturated heterocycles. The van der Waals surface area contributed by atoms with E-state index < -0.39 is 5.60 Å². The van der Waals surface area contributed by atoms with Crippen molar-refractivity contribution in [3.8, 4) is 0 Å². The van der Waals surface area contributed by atoms with Crippen LogP contribution in [0.3, 0.4) is 0 Å². The van der Waals surface area contributed by atoms with E-state index in [1.165, 1.54) is 5.57 Å². The van der Waals surface area contributed by atoms with Crippen molar-refractivity contribution in [3.63, 3.8) is 0 Å². The summed E-state index contributed by atoms with van der Waals surface area (Å²) < 4.78 is 6.19. The Morgan fingerprint density at radius 2 is 2.04 bits per heavy atom. The number of rotatable bonds is 1. The zero-order valence-corrected chi connectivity index (χ0v) is 15.7. The number of epoxide rings is 1. The minimum atomic E-state index is -0.434. The summed E-state index contributed by atoms with van der Waals surface area (Å²) in [5.74, 6) is 1.81. The maximum Gasteiger partial charge on any atom is 0.187 e. The number of hydrogen-bond acceptors (Lipinski definition) is 3. The van der Waals surface area contributed by atoms with Gasteiger partial charge in [-0.25, -0.2) is 0 Å². The highest BCUT2D eigenvalue weighted by Gasteiger charge is 2.78. The van der Waals surface area contributed by atoms with Gasteiger partial charge in [0.25, 0.3) is 0 Å². The van der Waals surface area contributed by atoms with Crippen LogP contribution in [0.5, 0.6) is 0 Å². The van der Waals surface area contributed by atoms with Gasteiger partial charge in [-0.05, 0) is 73.3 Å². The van der Waals surface area contributed by atoms with Gasteiger partial charge in [0.2, 0.25) is 0 Å². The fraction of sp³-hybridized carbons (Fsp3) is 0.773. The van der Waals surface area contributed by atoms with Gasteiger partial charge in [0, 0.05) is 5.41 Å². The van der Waals surface area contributed by atoms with E-state index in [0.717, 1.165) is 44.1 Å². The SMILES string of the molecule is C=C1C[C@H]2[C@@H]3CC[C@H](O)[C@@]3(C)CC[C@@H]2[C@@]2(C)C(CC)=CC(=O)C3OC132. The molecule has 25 heavy (non-hydrogen) atoms. The molecule has 0 radical (unpaired) electrons. The zero-order valence-electron chi connectivity index (χ0n) is 15.7. The molecule has 4 aliphatic carbocycles. The quantitative estimate of drug-likeness (QED) is 0.582. The van der Waals surface area contributed by atoms with Crippen molar-refractivity contribution in [2.24, 2.45) is 28.6 Å². The molecular weight excluding hydrogens is 312 g/mol. The third-order valence-electron chi connectivity index (χ3n) is 9.15. The van der Waals surface area contributed by atoms with Crippen LogP contribution in [0.25, 0.3) is 0 Å². The monoisotopic (exact) mass is 342 g/mol. The Morgan fingerprint density at radius 1 is 1.28 bits per heavy atom. The number of ether oxygens (including phenoxy) is 1. The molecule has 0 amide bonds. The molecule has 3 heteroatoms. The predicted molar refractivity (Wildman–Crippen MR) is 95.9 cm³/mol. The Bertz CT molecular complexity index is 708. The van der Waals surface area contributed by atoms with Crippen molar-refractivity contribution in [1.29, 1.82) is 0 Å². The summed E-state index contributed by atoms with van der Waals surface area (Å²) >= 11 is 0. The standard InChI is InChI=1S/C22H30O3/c1-5-13-11-17(23)19-22(25-19)12(2)10-14-15-6-7-18(24)20(15,3)9-8-16(14)21(13,22)4/h11,14-16,18-19,24H,2,5-10H2,1,3-4H3/t14-,15-,16-,18-,19?,20-,21+,22?/m0/s1. The summed E-state index contributed by atoms with van der Waals surface area (Å²) in [6.45, 7) is 11.3. The van der Waals surface area contributed by atoms with E-state index in [-0.39, 0.29) is 28.8 Å². The van der Waals surface area contributed by atoms with Crippen molar-refractivity contribution in [2.75, 3.05) is 0 Å². The molecule has 1 aliphatic heterocycles. The molecule has 8 atom stereocenters. The van der Waals surface area contributed by atoms with E-state index in [1.807, 2.05) is 6.08 Å². The Balaban J connectivity index is 1.63. The van der Waals surface area contributed by atoms with Gasteiger partial charge in [-0.1, -0.05) is 32.9 Å². The molecule has 1 heterocycles. The normalized spacial score (nSPS) is 56.5. The summed E-state index contributed by atoms with van der Waals surface area (Å²) in [4.78, 5) is 12.5. The minimum absolute atomic E-state index is 0.0622. The van der Waals surface area contributed by atoms with Gasteiger partial charge in [-0.2, -0.15) is 0 Å². The van der Waals surface area contributed by atoms with Gasteiger partial charge in [-0.3, -0.25) is 4.79 Å². The fourth-order valence-electron chi connectivity index (χ4n) is 7.76. The van der Waals surface area contributed by atoms with Crippen molar-refractivity contribution in [2.45, 2.75) is 77.1 Å². The van der Waals surface area contributed by atoms with Crippen LogP contribution in [0.2, 0.25) is 0 Å². The zero-order chi connectivity index (χ0) is 17.8. The number of aliphatic hydroxyl groups is 1. The fourth-order valence-corrected chi connectivity index (χ4v) is 7.76. The van der Waals surface area contributed by atoms with Gasteiger partial charge >= 0.3 is 0 Å². The molecule has 5 aliphatic rings. The minimum Gasteiger partial charge on any atom is -0.393 e. The first-order chi connectivity index (χ1) is 11.8. The molecule has 1 spiro atoms. The first kappa shape index (κ1) is 16.3. The van der Waals surface area contributed by atoms with Gasteiger partial charge in [0.05, 0.1) is 6.10 Å². The summed E-state index contributed by atoms with van der Waals surface area (Å²) in [5.41, 5.74) is 1.93. The molecule has 3 nitrogen and oxygen atoms in total. The Hall–Kier alpha value is -0.930. The largest absolute Gasteiger partial charge is 0.393 e. The highest BCUT2D eigenvalue weighted by atomic mass is 16.6. The Morgan fingerprint density at radius 3 is 2.76 bits per heavy atom. The number of hydrogen-bond donors (Lipinski definition) is 1. The predicted octanol–water partition coefficient (Wildman–Crippen LogP) is 3.81. The van der Waals surface area contributed by atoms with E-state index in [1.54, 1.807) is 0 Å². The highest BCUT2D eigenvalue weighted by Crippen LogP contribution is 2.73. The Labute approximate surface area is 150 Å². The van der Waals surface area contributed by atoms with Crippen LogP contribution >= 0.6 is 0 Å². The smallest absolute Gasteiger partial charge is 0.187 e. The van der Waals surface area contributed by atoms with Crippen molar-refractivity contribution >= 4 is 5.78 Å². The van der Waals surface area contributed by atoms with E-state index in [4.69, 9.17) is 4.74 Å². The second-order valence-corrected chi connectivity index (χ2v) is 9.68. The lowest BCUT2D eigenvalue weighted by molar-refractivity contribution is -0.117. The lowest BCUT2D eigenvalue weighted by Crippen LogP contribution is -2.59. The topological polar surface area (TPSA) is 49.8 Å². The summed E-state index contributed by atoms with van der Waals surface area (Å²) in [6, 6.07) is 0. The van der Waals surface area contributed by atoms with Crippen LogP contribution < -0.4 is 0 Å². The molecular formula is C22H30O3. The highest BCUT2D eigenvalue weighted by molar-refractivity contribution is 6.00. The molecule has 0 bridgehead atoms. The van der Waals surface area contributed by atoms with E-state index in [0.29, 0.717) is 17.8 Å². The van der Waals surface area contributed by atoms with Crippen LogP contribution in [-0.4, -0.2) is 28.7 Å². The van der Waals surface area contributed by atoms with E-state index >= 15 is 0 Å². The maximum absolute atomic E-state index is 12.5. The van der Waals surface area contributed by atoms with Crippen molar-refractivity contribution < 1.29 is 14.6 Å². The first-order valence-corrected chi connectivity index (χ1v) is 10.1. The van der Waals surface area contributed by atoms with Crippen LogP contribution in [0.1, 0.15) is 59.3 Å². The first-order valence-electron chi connectivity index (χ1n) is 10.1. The van der Waals surface area contributed by atoms with E-state index in [2.05, 4.69) is 27.4 Å². The number of carbonyl (C=O) groups excluding carboxylic acids is 1. The third kappa shape index (κ3) is 1.60. The molecule has 3 saturated carbocycles.